The molecule has 0 aromatic heterocycles. The van der Waals surface area contributed by atoms with Crippen LogP contribution in [0.2, 0.25) is 0 Å². The predicted molar refractivity (Wildman–Crippen MR) is 88.3 cm³/mol. The van der Waals surface area contributed by atoms with Crippen molar-refractivity contribution >= 4 is 22.9 Å². The van der Waals surface area contributed by atoms with Gasteiger partial charge in [0.1, 0.15) is 10.8 Å². The molecule has 5 heteroatoms. The van der Waals surface area contributed by atoms with Gasteiger partial charge in [-0.1, -0.05) is 24.7 Å². The summed E-state index contributed by atoms with van der Waals surface area (Å²) in [5.74, 6) is -0.321. The summed E-state index contributed by atoms with van der Waals surface area (Å²) >= 11 is 5.06. The lowest BCUT2D eigenvalue weighted by molar-refractivity contribution is 0.115. The Balaban J connectivity index is 1.93. The van der Waals surface area contributed by atoms with Crippen molar-refractivity contribution in [2.45, 2.75) is 38.3 Å². The Morgan fingerprint density at radius 1 is 1.33 bits per heavy atom. The van der Waals surface area contributed by atoms with Crippen molar-refractivity contribution in [1.29, 1.82) is 0 Å². The Hall–Kier alpha value is -1.20. The van der Waals surface area contributed by atoms with Gasteiger partial charge in [0.2, 0.25) is 0 Å². The highest BCUT2D eigenvalue weighted by Gasteiger charge is 2.34. The minimum absolute atomic E-state index is 0.140. The van der Waals surface area contributed by atoms with Crippen LogP contribution in [0, 0.1) is 5.82 Å². The number of thiocarbonyl (C=S) groups is 1. The average Bonchev–Trinajstić information content (AvgIpc) is 2.45. The monoisotopic (exact) mass is 307 g/mol. The van der Waals surface area contributed by atoms with Gasteiger partial charge in [0, 0.05) is 25.2 Å². The molecule has 0 saturated carbocycles. The fourth-order valence-corrected chi connectivity index (χ4v) is 3.89. The van der Waals surface area contributed by atoms with Gasteiger partial charge in [0.25, 0.3) is 0 Å². The van der Waals surface area contributed by atoms with Crippen LogP contribution in [0.3, 0.4) is 0 Å². The van der Waals surface area contributed by atoms with Gasteiger partial charge in [-0.15, -0.1) is 0 Å². The van der Waals surface area contributed by atoms with E-state index in [9.17, 15) is 4.39 Å². The molecule has 2 unspecified atom stereocenters. The number of rotatable bonds is 2. The van der Waals surface area contributed by atoms with Gasteiger partial charge in [0.05, 0.1) is 11.3 Å². The molecule has 0 aliphatic carbocycles. The fraction of sp³-hybridized carbons (Fsp3) is 0.562. The van der Waals surface area contributed by atoms with E-state index >= 15 is 0 Å². The molecule has 2 saturated heterocycles. The summed E-state index contributed by atoms with van der Waals surface area (Å²) in [6.45, 7) is 5.34. The van der Waals surface area contributed by atoms with Gasteiger partial charge in [0.15, 0.2) is 0 Å². The maximum Gasteiger partial charge on any atom is 0.135 e. The van der Waals surface area contributed by atoms with Crippen LogP contribution in [0.15, 0.2) is 18.2 Å². The molecule has 3 rings (SSSR count). The molecule has 2 N–H and O–H groups in total. The third-order valence-corrected chi connectivity index (χ3v) is 4.94. The van der Waals surface area contributed by atoms with Gasteiger partial charge < -0.3 is 10.6 Å². The summed E-state index contributed by atoms with van der Waals surface area (Å²) in [6.07, 6.45) is 3.80. The van der Waals surface area contributed by atoms with Crippen LogP contribution in [-0.2, 0) is 0 Å². The third-order valence-electron chi connectivity index (χ3n) is 4.73. The van der Waals surface area contributed by atoms with Gasteiger partial charge in [-0.25, -0.2) is 4.39 Å². The number of nitrogens with zero attached hydrogens (tertiary/aromatic N) is 2. The third kappa shape index (κ3) is 2.77. The summed E-state index contributed by atoms with van der Waals surface area (Å²) in [7, 11) is 0. The van der Waals surface area contributed by atoms with E-state index in [0.29, 0.717) is 17.6 Å². The molecule has 3 nitrogen and oxygen atoms in total. The molecule has 1 aromatic rings. The first kappa shape index (κ1) is 14.7. The van der Waals surface area contributed by atoms with Crippen LogP contribution >= 0.6 is 12.2 Å². The van der Waals surface area contributed by atoms with E-state index < -0.39 is 0 Å². The molecule has 0 radical (unpaired) electrons. The van der Waals surface area contributed by atoms with Gasteiger partial charge in [-0.3, -0.25) is 4.90 Å². The molecule has 0 amide bonds. The van der Waals surface area contributed by atoms with E-state index in [0.717, 1.165) is 18.8 Å². The zero-order chi connectivity index (χ0) is 15.0. The quantitative estimate of drug-likeness (QED) is 0.851. The Bertz CT molecular complexity index is 548. The number of benzene rings is 1. The lowest BCUT2D eigenvalue weighted by Crippen LogP contribution is -2.59. The highest BCUT2D eigenvalue weighted by molar-refractivity contribution is 7.80. The van der Waals surface area contributed by atoms with Crippen molar-refractivity contribution in [2.75, 3.05) is 24.5 Å². The van der Waals surface area contributed by atoms with Crippen LogP contribution in [0.1, 0.15) is 31.7 Å². The van der Waals surface area contributed by atoms with Crippen molar-refractivity contribution in [2.24, 2.45) is 5.73 Å². The second-order valence-corrected chi connectivity index (χ2v) is 6.58. The normalized spacial score (nSPS) is 26.5. The molecule has 0 bridgehead atoms. The zero-order valence-corrected chi connectivity index (χ0v) is 13.2. The van der Waals surface area contributed by atoms with Gasteiger partial charge in [-0.2, -0.15) is 0 Å². The van der Waals surface area contributed by atoms with E-state index in [1.807, 2.05) is 6.07 Å². The van der Waals surface area contributed by atoms with Gasteiger partial charge >= 0.3 is 0 Å². The average molecular weight is 307 g/mol. The molecule has 2 heterocycles. The molecule has 114 valence electrons. The van der Waals surface area contributed by atoms with E-state index in [4.69, 9.17) is 18.0 Å². The number of halogens is 1. The fourth-order valence-electron chi connectivity index (χ4n) is 3.68. The first-order chi connectivity index (χ1) is 10.1. The standard InChI is InChI=1S/C16H22FN3S/c1-11-9-19-8-3-2-5-12(19)10-20(11)14-7-4-6-13(17)15(14)16(18)21/h4,6-7,11-12H,2-3,5,8-10H2,1H3,(H2,18,21). The minimum Gasteiger partial charge on any atom is -0.389 e. The Labute approximate surface area is 130 Å². The van der Waals surface area contributed by atoms with Crippen molar-refractivity contribution in [3.63, 3.8) is 0 Å². The Morgan fingerprint density at radius 3 is 2.90 bits per heavy atom. The lowest BCUT2D eigenvalue weighted by atomic mass is 9.96. The van der Waals surface area contributed by atoms with E-state index in [1.165, 1.54) is 31.9 Å². The molecule has 0 spiro atoms. The van der Waals surface area contributed by atoms with Crippen LogP contribution in [-0.4, -0.2) is 41.6 Å². The second kappa shape index (κ2) is 5.89. The number of hydrogen-bond donors (Lipinski definition) is 1. The summed E-state index contributed by atoms with van der Waals surface area (Å²) in [5.41, 5.74) is 6.99. The molecule has 2 fully saturated rings. The summed E-state index contributed by atoms with van der Waals surface area (Å²) in [4.78, 5) is 5.00. The molecule has 21 heavy (non-hydrogen) atoms. The van der Waals surface area contributed by atoms with E-state index in [1.54, 1.807) is 6.07 Å². The molecular weight excluding hydrogens is 285 g/mol. The Kier molecular flexibility index (Phi) is 4.13. The number of piperidine rings is 1. The number of hydrogen-bond acceptors (Lipinski definition) is 3. The minimum atomic E-state index is -0.321. The summed E-state index contributed by atoms with van der Waals surface area (Å²) in [5, 5.41) is 0. The van der Waals surface area contributed by atoms with Crippen molar-refractivity contribution < 1.29 is 4.39 Å². The predicted octanol–water partition coefficient (Wildman–Crippen LogP) is 2.52. The lowest BCUT2D eigenvalue weighted by Gasteiger charge is -2.48. The molecule has 1 aromatic carbocycles. The smallest absolute Gasteiger partial charge is 0.135 e. The van der Waals surface area contributed by atoms with E-state index in [-0.39, 0.29) is 10.8 Å². The van der Waals surface area contributed by atoms with Crippen molar-refractivity contribution in [3.05, 3.63) is 29.6 Å². The van der Waals surface area contributed by atoms with Crippen molar-refractivity contribution in [3.8, 4) is 0 Å². The van der Waals surface area contributed by atoms with Crippen LogP contribution in [0.25, 0.3) is 0 Å². The molecule has 2 aliphatic rings. The van der Waals surface area contributed by atoms with Crippen molar-refractivity contribution in [1.82, 2.24) is 4.90 Å². The maximum atomic E-state index is 14.1. The Morgan fingerprint density at radius 2 is 2.14 bits per heavy atom. The first-order valence-electron chi connectivity index (χ1n) is 7.67. The second-order valence-electron chi connectivity index (χ2n) is 6.14. The first-order valence-corrected chi connectivity index (χ1v) is 8.07. The molecule has 2 atom stereocenters. The highest BCUT2D eigenvalue weighted by Crippen LogP contribution is 2.31. The summed E-state index contributed by atoms with van der Waals surface area (Å²) < 4.78 is 14.1. The largest absolute Gasteiger partial charge is 0.389 e. The molecular formula is C16H22FN3S. The topological polar surface area (TPSA) is 32.5 Å². The number of fused-ring (bicyclic) bond motifs is 1. The number of anilines is 1. The maximum absolute atomic E-state index is 14.1. The zero-order valence-electron chi connectivity index (χ0n) is 12.4. The van der Waals surface area contributed by atoms with Crippen LogP contribution in [0.5, 0.6) is 0 Å². The SMILES string of the molecule is CC1CN2CCCCC2CN1c1cccc(F)c1C(N)=S. The summed E-state index contributed by atoms with van der Waals surface area (Å²) in [6, 6.07) is 6.02. The number of piperazine rings is 1. The number of nitrogens with two attached hydrogens (primary N) is 1. The van der Waals surface area contributed by atoms with Crippen LogP contribution in [0.4, 0.5) is 10.1 Å². The van der Waals surface area contributed by atoms with Gasteiger partial charge in [-0.05, 0) is 38.4 Å². The van der Waals surface area contributed by atoms with Crippen LogP contribution < -0.4 is 10.6 Å². The molecule has 2 aliphatic heterocycles. The van der Waals surface area contributed by atoms with E-state index in [2.05, 4.69) is 16.7 Å². The highest BCUT2D eigenvalue weighted by atomic mass is 32.1.